The molecule has 0 spiro atoms. The summed E-state index contributed by atoms with van der Waals surface area (Å²) < 4.78 is 6.30. The second kappa shape index (κ2) is 11.1. The van der Waals surface area contributed by atoms with Crippen LogP contribution in [0.4, 0.5) is 5.69 Å². The lowest BCUT2D eigenvalue weighted by molar-refractivity contribution is -0.142. The van der Waals surface area contributed by atoms with E-state index in [2.05, 4.69) is 20.7 Å². The van der Waals surface area contributed by atoms with Gasteiger partial charge in [0.1, 0.15) is 12.2 Å². The number of ether oxygens (including phenoxy) is 1. The fourth-order valence-electron chi connectivity index (χ4n) is 3.14. The molecule has 3 rings (SSSR count). The quantitative estimate of drug-likeness (QED) is 0.446. The molecule has 2 aromatic heterocycles. The van der Waals surface area contributed by atoms with E-state index in [1.54, 1.807) is 38.1 Å². The highest BCUT2D eigenvalue weighted by molar-refractivity contribution is 6.32. The topological polar surface area (TPSA) is 115 Å². The molecule has 0 saturated carbocycles. The number of hydrogen-bond acceptors (Lipinski definition) is 6. The number of pyridine rings is 1. The number of halogens is 2. The lowest BCUT2D eigenvalue weighted by Gasteiger charge is -2.15. The molecule has 0 radical (unpaired) electrons. The highest BCUT2D eigenvalue weighted by Crippen LogP contribution is 2.27. The van der Waals surface area contributed by atoms with Crippen LogP contribution in [0.3, 0.4) is 0 Å². The van der Waals surface area contributed by atoms with Crippen LogP contribution in [-0.4, -0.2) is 45.7 Å². The van der Waals surface area contributed by atoms with Gasteiger partial charge in [0, 0.05) is 11.2 Å². The number of benzene rings is 1. The van der Waals surface area contributed by atoms with E-state index in [0.29, 0.717) is 33.5 Å². The molecule has 9 nitrogen and oxygen atoms in total. The summed E-state index contributed by atoms with van der Waals surface area (Å²) in [5, 5.41) is 10.2. The molecule has 0 unspecified atom stereocenters. The smallest absolute Gasteiger partial charge is 0.325 e. The highest BCUT2D eigenvalue weighted by atomic mass is 35.5. The molecule has 2 N–H and O–H groups in total. The van der Waals surface area contributed by atoms with Crippen LogP contribution < -0.4 is 10.6 Å². The van der Waals surface area contributed by atoms with E-state index in [-0.39, 0.29) is 30.1 Å². The number of nitrogens with zero attached hydrogens (tertiary/aromatic N) is 3. The van der Waals surface area contributed by atoms with Crippen molar-refractivity contribution in [2.24, 2.45) is 0 Å². The summed E-state index contributed by atoms with van der Waals surface area (Å²) in [5.41, 5.74) is 1.63. The van der Waals surface area contributed by atoms with Crippen LogP contribution in [0.5, 0.6) is 0 Å². The van der Waals surface area contributed by atoms with E-state index in [9.17, 15) is 14.4 Å². The molecule has 0 saturated heterocycles. The molecule has 11 heteroatoms. The summed E-state index contributed by atoms with van der Waals surface area (Å²) in [6.45, 7) is 5.24. The van der Waals surface area contributed by atoms with Crippen molar-refractivity contribution in [3.63, 3.8) is 0 Å². The van der Waals surface area contributed by atoms with Crippen LogP contribution >= 0.6 is 23.2 Å². The number of carbonyl (C=O) groups is 3. The first-order valence-electron chi connectivity index (χ1n) is 10.4. The zero-order valence-electron chi connectivity index (χ0n) is 18.8. The van der Waals surface area contributed by atoms with Gasteiger partial charge in [-0.05, 0) is 56.2 Å². The Balaban J connectivity index is 1.89. The van der Waals surface area contributed by atoms with Crippen molar-refractivity contribution in [1.82, 2.24) is 20.1 Å². The number of carbonyl (C=O) groups excluding carboxylic acids is 3. The number of esters is 1. The number of aromatic nitrogens is 3. The fourth-order valence-corrected chi connectivity index (χ4v) is 3.61. The minimum atomic E-state index is -0.591. The third-order valence-electron chi connectivity index (χ3n) is 4.65. The third-order valence-corrected chi connectivity index (χ3v) is 5.16. The van der Waals surface area contributed by atoms with Gasteiger partial charge in [0.05, 0.1) is 28.6 Å². The molecule has 0 aliphatic carbocycles. The van der Waals surface area contributed by atoms with E-state index in [0.717, 1.165) is 0 Å². The molecule has 2 amide bonds. The van der Waals surface area contributed by atoms with Gasteiger partial charge in [-0.3, -0.25) is 14.4 Å². The molecular weight excluding hydrogens is 481 g/mol. The largest absolute Gasteiger partial charge is 0.464 e. The van der Waals surface area contributed by atoms with E-state index in [1.807, 2.05) is 6.92 Å². The first kappa shape index (κ1) is 25.2. The van der Waals surface area contributed by atoms with Gasteiger partial charge in [-0.15, -0.1) is 0 Å². The molecule has 0 aliphatic heterocycles. The zero-order chi connectivity index (χ0) is 24.8. The van der Waals surface area contributed by atoms with Crippen molar-refractivity contribution >= 4 is 46.7 Å². The SMILES string of the molecule is CCCOC(=O)CNC(=O)c1cc(Cl)cc(C)c1NC(=O)c1cc(C)nn1-c1ncccc1Cl. The monoisotopic (exact) mass is 503 g/mol. The first-order chi connectivity index (χ1) is 16.2. The average Bonchev–Trinajstić information content (AvgIpc) is 3.19. The Morgan fingerprint density at radius 3 is 2.59 bits per heavy atom. The van der Waals surface area contributed by atoms with Gasteiger partial charge in [-0.2, -0.15) is 5.10 Å². The van der Waals surface area contributed by atoms with Gasteiger partial charge in [-0.25, -0.2) is 9.67 Å². The Labute approximate surface area is 206 Å². The molecule has 178 valence electrons. The minimum absolute atomic E-state index is 0.0975. The number of nitrogens with one attached hydrogen (secondary N) is 2. The summed E-state index contributed by atoms with van der Waals surface area (Å²) >= 11 is 12.4. The molecule has 0 bridgehead atoms. The lowest BCUT2D eigenvalue weighted by atomic mass is 10.1. The maximum Gasteiger partial charge on any atom is 0.325 e. The number of hydrogen-bond donors (Lipinski definition) is 2. The Bertz CT molecular complexity index is 1240. The zero-order valence-corrected chi connectivity index (χ0v) is 20.3. The van der Waals surface area contributed by atoms with E-state index in [1.165, 1.54) is 16.9 Å². The number of aryl methyl sites for hydroxylation is 2. The summed E-state index contributed by atoms with van der Waals surface area (Å²) in [4.78, 5) is 42.1. The van der Waals surface area contributed by atoms with E-state index < -0.39 is 17.8 Å². The Kier molecular flexibility index (Phi) is 8.25. The van der Waals surface area contributed by atoms with Crippen LogP contribution in [0.2, 0.25) is 10.0 Å². The predicted octanol–water partition coefficient (Wildman–Crippen LogP) is 4.13. The standard InChI is InChI=1S/C23H23Cl2N5O4/c1-4-8-34-19(31)12-27-22(32)16-11-15(24)9-13(2)20(16)28-23(33)18-10-14(3)29-30(18)21-17(25)6-5-7-26-21/h5-7,9-11H,4,8,12H2,1-3H3,(H,27,32)(H,28,33). The van der Waals surface area contributed by atoms with E-state index in [4.69, 9.17) is 27.9 Å². The normalized spacial score (nSPS) is 10.6. The van der Waals surface area contributed by atoms with Crippen LogP contribution in [0, 0.1) is 13.8 Å². The third kappa shape index (κ3) is 5.92. The van der Waals surface area contributed by atoms with Crippen LogP contribution in [0.15, 0.2) is 36.5 Å². The Hall–Kier alpha value is -3.43. The Morgan fingerprint density at radius 1 is 1.12 bits per heavy atom. The van der Waals surface area contributed by atoms with Crippen LogP contribution in [0.1, 0.15) is 45.4 Å². The van der Waals surface area contributed by atoms with Crippen LogP contribution in [-0.2, 0) is 9.53 Å². The lowest BCUT2D eigenvalue weighted by Crippen LogP contribution is -2.32. The average molecular weight is 504 g/mol. The van der Waals surface area contributed by atoms with Gasteiger partial charge in [0.15, 0.2) is 5.82 Å². The maximum atomic E-state index is 13.2. The van der Waals surface area contributed by atoms with Gasteiger partial charge in [-0.1, -0.05) is 30.1 Å². The molecule has 1 aromatic carbocycles. The molecule has 34 heavy (non-hydrogen) atoms. The summed E-state index contributed by atoms with van der Waals surface area (Å²) in [7, 11) is 0. The van der Waals surface area contributed by atoms with Crippen molar-refractivity contribution in [1.29, 1.82) is 0 Å². The molecule has 0 fully saturated rings. The molecule has 0 aliphatic rings. The second-order valence-corrected chi connectivity index (χ2v) is 8.24. The fraction of sp³-hybridized carbons (Fsp3) is 0.261. The van der Waals surface area contributed by atoms with Crippen LogP contribution in [0.25, 0.3) is 5.82 Å². The number of amides is 2. The highest BCUT2D eigenvalue weighted by Gasteiger charge is 2.22. The molecule has 3 aromatic rings. The van der Waals surface area contributed by atoms with Gasteiger partial charge in [0.25, 0.3) is 11.8 Å². The van der Waals surface area contributed by atoms with Crippen molar-refractivity contribution < 1.29 is 19.1 Å². The van der Waals surface area contributed by atoms with Gasteiger partial charge in [0.2, 0.25) is 0 Å². The summed E-state index contributed by atoms with van der Waals surface area (Å²) in [6, 6.07) is 7.91. The summed E-state index contributed by atoms with van der Waals surface area (Å²) in [6.07, 6.45) is 2.21. The Morgan fingerprint density at radius 2 is 1.88 bits per heavy atom. The second-order valence-electron chi connectivity index (χ2n) is 7.39. The van der Waals surface area contributed by atoms with Gasteiger partial charge >= 0.3 is 5.97 Å². The van der Waals surface area contributed by atoms with Crippen molar-refractivity contribution in [2.45, 2.75) is 27.2 Å². The first-order valence-corrected chi connectivity index (χ1v) is 11.2. The molecule has 2 heterocycles. The predicted molar refractivity (Wildman–Crippen MR) is 129 cm³/mol. The molecule has 0 atom stereocenters. The van der Waals surface area contributed by atoms with Crippen molar-refractivity contribution in [2.75, 3.05) is 18.5 Å². The maximum absolute atomic E-state index is 13.2. The summed E-state index contributed by atoms with van der Waals surface area (Å²) in [5.74, 6) is -1.40. The number of anilines is 1. The van der Waals surface area contributed by atoms with Gasteiger partial charge < -0.3 is 15.4 Å². The minimum Gasteiger partial charge on any atom is -0.464 e. The molecular formula is C23H23Cl2N5O4. The van der Waals surface area contributed by atoms with Crippen molar-refractivity contribution in [3.8, 4) is 5.82 Å². The van der Waals surface area contributed by atoms with E-state index >= 15 is 0 Å². The van der Waals surface area contributed by atoms with Crippen molar-refractivity contribution in [3.05, 3.63) is 69.1 Å². The number of rotatable bonds is 8.